The molecule has 7 rings (SSSR count). The van der Waals surface area contributed by atoms with Gasteiger partial charge in [-0.05, 0) is 57.1 Å². The fourth-order valence-electron chi connectivity index (χ4n) is 6.81. The van der Waals surface area contributed by atoms with Gasteiger partial charge >= 0.3 is 6.18 Å². The van der Waals surface area contributed by atoms with Gasteiger partial charge in [-0.1, -0.05) is 0 Å². The summed E-state index contributed by atoms with van der Waals surface area (Å²) < 4.78 is 47.8. The van der Waals surface area contributed by atoms with E-state index in [1.807, 2.05) is 10.7 Å². The molecule has 5 aliphatic rings. The highest BCUT2D eigenvalue weighted by Crippen LogP contribution is 2.91. The van der Waals surface area contributed by atoms with Crippen LogP contribution in [0.25, 0.3) is 11.3 Å². The Kier molecular flexibility index (Phi) is 4.14. The highest BCUT2D eigenvalue weighted by atomic mass is 19.4. The van der Waals surface area contributed by atoms with Crippen molar-refractivity contribution in [1.82, 2.24) is 19.7 Å². The van der Waals surface area contributed by atoms with Gasteiger partial charge in [-0.3, -0.25) is 9.58 Å². The summed E-state index contributed by atoms with van der Waals surface area (Å²) in [5.74, 6) is 1.46. The molecule has 3 heterocycles. The summed E-state index contributed by atoms with van der Waals surface area (Å²) in [6.07, 6.45) is -1.69. The molecule has 1 saturated heterocycles. The molecule has 5 fully saturated rings. The van der Waals surface area contributed by atoms with E-state index in [-0.39, 0.29) is 17.6 Å². The number of fused-ring (bicyclic) bond motifs is 1. The number of rotatable bonds is 4. The fraction of sp³-hybridized carbons (Fsp3) is 0.652. The number of nitrogen functional groups attached to an aromatic ring is 1. The molecule has 0 spiro atoms. The van der Waals surface area contributed by atoms with Crippen molar-refractivity contribution < 1.29 is 17.9 Å². The third-order valence-corrected chi connectivity index (χ3v) is 8.16. The molecule has 9 heteroatoms. The first-order valence-electron chi connectivity index (χ1n) is 11.4. The molecule has 0 amide bonds. The van der Waals surface area contributed by atoms with Crippen molar-refractivity contribution in [3.05, 3.63) is 29.6 Å². The predicted molar refractivity (Wildman–Crippen MR) is 113 cm³/mol. The summed E-state index contributed by atoms with van der Waals surface area (Å²) >= 11 is 0. The van der Waals surface area contributed by atoms with Crippen LogP contribution in [0.1, 0.15) is 44.5 Å². The van der Waals surface area contributed by atoms with Crippen LogP contribution in [-0.2, 0) is 16.3 Å². The Morgan fingerprint density at radius 3 is 2.69 bits per heavy atom. The summed E-state index contributed by atoms with van der Waals surface area (Å²) in [7, 11) is 0. The minimum atomic E-state index is -4.55. The second-order valence-corrected chi connectivity index (χ2v) is 10.2. The number of anilines is 1. The highest BCUT2D eigenvalue weighted by molar-refractivity contribution is 5.65. The minimum absolute atomic E-state index is 0.125. The summed E-state index contributed by atoms with van der Waals surface area (Å²) in [6.45, 7) is 9.01. The van der Waals surface area contributed by atoms with Gasteiger partial charge in [-0.15, -0.1) is 0 Å². The number of aromatic nitrogens is 3. The molecule has 4 aliphatic carbocycles. The highest BCUT2D eigenvalue weighted by Gasteiger charge is 2.93. The Hall–Kier alpha value is -2.13. The van der Waals surface area contributed by atoms with Crippen molar-refractivity contribution in [1.29, 1.82) is 0 Å². The van der Waals surface area contributed by atoms with Gasteiger partial charge in [0.05, 0.1) is 24.0 Å². The molecule has 2 bridgehead atoms. The van der Waals surface area contributed by atoms with Crippen LogP contribution in [-0.4, -0.2) is 51.5 Å². The molecule has 6 nitrogen and oxygen atoms in total. The summed E-state index contributed by atoms with van der Waals surface area (Å²) in [5, 5.41) is 4.75. The number of hydrogen-bond acceptors (Lipinski definition) is 5. The van der Waals surface area contributed by atoms with Crippen molar-refractivity contribution in [2.24, 2.45) is 17.8 Å². The molecule has 2 aromatic heterocycles. The Balaban J connectivity index is 1.34. The van der Waals surface area contributed by atoms with E-state index in [0.717, 1.165) is 25.8 Å². The molecule has 2 N–H and O–H groups in total. The number of nitrogens with zero attached hydrogens (tertiary/aromatic N) is 4. The van der Waals surface area contributed by atoms with Gasteiger partial charge < -0.3 is 10.5 Å². The van der Waals surface area contributed by atoms with Crippen LogP contribution >= 0.6 is 0 Å². The van der Waals surface area contributed by atoms with E-state index in [1.165, 1.54) is 18.3 Å². The van der Waals surface area contributed by atoms with Crippen LogP contribution in [0.2, 0.25) is 0 Å². The molecule has 6 atom stereocenters. The monoisotopic (exact) mass is 447 g/mol. The molecule has 0 aromatic carbocycles. The van der Waals surface area contributed by atoms with Gasteiger partial charge in [0.15, 0.2) is 0 Å². The summed E-state index contributed by atoms with van der Waals surface area (Å²) in [6, 6.07) is 3.77. The molecule has 1 aliphatic heterocycles. The first-order chi connectivity index (χ1) is 15.1. The van der Waals surface area contributed by atoms with Gasteiger partial charge in [0.2, 0.25) is 0 Å². The lowest BCUT2D eigenvalue weighted by molar-refractivity contribution is -0.137. The van der Waals surface area contributed by atoms with E-state index in [0.29, 0.717) is 35.1 Å². The minimum Gasteiger partial charge on any atom is -0.383 e. The van der Waals surface area contributed by atoms with Gasteiger partial charge in [-0.2, -0.15) is 18.3 Å². The van der Waals surface area contributed by atoms with Crippen LogP contribution in [0.5, 0.6) is 0 Å². The largest absolute Gasteiger partial charge is 0.419 e. The Morgan fingerprint density at radius 1 is 1.25 bits per heavy atom. The summed E-state index contributed by atoms with van der Waals surface area (Å²) in [4.78, 5) is 6.40. The fourth-order valence-corrected chi connectivity index (χ4v) is 6.81. The average Bonchev–Trinajstić information content (AvgIpc) is 3.29. The topological polar surface area (TPSA) is 69.2 Å². The number of nitrogens with two attached hydrogens (primary N) is 1. The predicted octanol–water partition coefficient (Wildman–Crippen LogP) is 3.73. The number of morpholine rings is 1. The Morgan fingerprint density at radius 2 is 2.03 bits per heavy atom. The zero-order chi connectivity index (χ0) is 22.6. The maximum absolute atomic E-state index is 13.4. The van der Waals surface area contributed by atoms with Crippen LogP contribution in [0, 0.1) is 17.8 Å². The summed E-state index contributed by atoms with van der Waals surface area (Å²) in [5.41, 5.74) is 6.80. The zero-order valence-electron chi connectivity index (χ0n) is 18.4. The lowest BCUT2D eigenvalue weighted by Crippen LogP contribution is -2.46. The van der Waals surface area contributed by atoms with E-state index in [9.17, 15) is 13.2 Å². The molecule has 32 heavy (non-hydrogen) atoms. The van der Waals surface area contributed by atoms with Crippen LogP contribution in [0.4, 0.5) is 19.0 Å². The average molecular weight is 448 g/mol. The molecule has 4 saturated carbocycles. The number of ether oxygens (including phenoxy) is 1. The second-order valence-electron chi connectivity index (χ2n) is 10.2. The standard InChI is InChI=1S/C23H28F3N5O/c1-11(2)31-18(8-16(29-31)13-6-15(23(24,25)26)21(27)28-9-13)22-14-7-17(20(22)19(14)22)30-4-5-32-12(3)10-30/h6,8-9,11-12,14,17,19-20H,4-5,7,10H2,1-3H3,(H2,27,28)/t12-,14+,17?,19+,20?,22+/m0/s1. The third kappa shape index (κ3) is 2.67. The second kappa shape index (κ2) is 6.47. The van der Waals surface area contributed by atoms with Crippen molar-refractivity contribution in [3.8, 4) is 11.3 Å². The Bertz CT molecular complexity index is 1080. The van der Waals surface area contributed by atoms with E-state index >= 15 is 0 Å². The van der Waals surface area contributed by atoms with E-state index in [1.54, 1.807) is 0 Å². The maximum Gasteiger partial charge on any atom is 0.419 e. The van der Waals surface area contributed by atoms with Crippen molar-refractivity contribution in [2.75, 3.05) is 25.4 Å². The normalized spacial score (nSPS) is 35.9. The van der Waals surface area contributed by atoms with Crippen molar-refractivity contribution >= 4 is 5.82 Å². The number of alkyl halides is 3. The number of hydrogen-bond donors (Lipinski definition) is 1. The van der Waals surface area contributed by atoms with Gasteiger partial charge in [0, 0.05) is 48.0 Å². The van der Waals surface area contributed by atoms with Crippen LogP contribution in [0.3, 0.4) is 0 Å². The van der Waals surface area contributed by atoms with Gasteiger partial charge in [0.1, 0.15) is 5.82 Å². The smallest absolute Gasteiger partial charge is 0.383 e. The SMILES string of the molecule is CC(C)n1nc(-c2cnc(N)c(C(F)(F)F)c2)cc1[C@]12C3C(N4CCO[C@@H](C)C4)C[C@@H]1[C@H]32. The molecular formula is C23H28F3N5O. The lowest BCUT2D eigenvalue weighted by atomic mass is 9.99. The first-order valence-corrected chi connectivity index (χ1v) is 11.4. The van der Waals surface area contributed by atoms with Gasteiger partial charge in [-0.25, -0.2) is 4.98 Å². The third-order valence-electron chi connectivity index (χ3n) is 8.16. The molecule has 172 valence electrons. The number of halogens is 3. The molecular weight excluding hydrogens is 419 g/mol. The van der Waals surface area contributed by atoms with E-state index in [2.05, 4.69) is 30.7 Å². The van der Waals surface area contributed by atoms with Crippen molar-refractivity contribution in [3.63, 3.8) is 0 Å². The first kappa shape index (κ1) is 20.5. The Labute approximate surface area is 184 Å². The van der Waals surface area contributed by atoms with Gasteiger partial charge in [0.25, 0.3) is 0 Å². The zero-order valence-corrected chi connectivity index (χ0v) is 18.4. The quantitative estimate of drug-likeness (QED) is 0.774. The molecule has 0 radical (unpaired) electrons. The van der Waals surface area contributed by atoms with E-state index < -0.39 is 17.6 Å². The molecule has 2 unspecified atom stereocenters. The molecule has 2 aromatic rings. The lowest BCUT2D eigenvalue weighted by Gasteiger charge is -2.35. The van der Waals surface area contributed by atoms with Crippen molar-refractivity contribution in [2.45, 2.75) is 57.0 Å². The van der Waals surface area contributed by atoms with Crippen LogP contribution < -0.4 is 5.73 Å². The number of pyridine rings is 1. The van der Waals surface area contributed by atoms with Crippen LogP contribution in [0.15, 0.2) is 18.3 Å². The van der Waals surface area contributed by atoms with E-state index in [4.69, 9.17) is 15.6 Å². The maximum atomic E-state index is 13.4.